The fourth-order valence-electron chi connectivity index (χ4n) is 4.44. The van der Waals surface area contributed by atoms with Crippen molar-refractivity contribution in [3.63, 3.8) is 0 Å². The zero-order chi connectivity index (χ0) is 24.5. The Morgan fingerprint density at radius 1 is 1.03 bits per heavy atom. The topological polar surface area (TPSA) is 105 Å². The van der Waals surface area contributed by atoms with Gasteiger partial charge in [-0.1, -0.05) is 56.3 Å². The molecule has 2 aromatic rings. The van der Waals surface area contributed by atoms with Crippen molar-refractivity contribution in [1.29, 1.82) is 0 Å². The number of hydrogen-bond donors (Lipinski definition) is 1. The van der Waals surface area contributed by atoms with Gasteiger partial charge in [0.05, 0.1) is 18.6 Å². The molecule has 0 bridgehead atoms. The molecule has 2 aromatic carbocycles. The number of ketones is 1. The molecular weight excluding hydrogens is 434 g/mol. The summed E-state index contributed by atoms with van der Waals surface area (Å²) in [7, 11) is 1.25. The second kappa shape index (κ2) is 9.17. The quantitative estimate of drug-likeness (QED) is 0.667. The first-order valence-electron chi connectivity index (χ1n) is 11.0. The van der Waals surface area contributed by atoms with Crippen LogP contribution in [0.3, 0.4) is 0 Å². The van der Waals surface area contributed by atoms with Crippen LogP contribution in [-0.4, -0.2) is 24.8 Å². The lowest BCUT2D eigenvalue weighted by atomic mass is 9.70. The van der Waals surface area contributed by atoms with Gasteiger partial charge in [-0.15, -0.1) is 0 Å². The highest BCUT2D eigenvalue weighted by Gasteiger charge is 2.44. The SMILES string of the molecule is COC(=O)C1=C(N)OC2=C(C(=O)CC(C)(C)C2)C1c1ccc(C(=O)OCc2ccccc2)cc1. The molecule has 7 nitrogen and oxygen atoms in total. The van der Waals surface area contributed by atoms with Crippen LogP contribution in [0.2, 0.25) is 0 Å². The Morgan fingerprint density at radius 3 is 2.35 bits per heavy atom. The van der Waals surface area contributed by atoms with Crippen LogP contribution in [0.4, 0.5) is 0 Å². The number of hydrogen-bond acceptors (Lipinski definition) is 7. The maximum atomic E-state index is 13.2. The maximum absolute atomic E-state index is 13.2. The Balaban J connectivity index is 1.65. The van der Waals surface area contributed by atoms with Crippen molar-refractivity contribution < 1.29 is 28.6 Å². The number of allylic oxidation sites excluding steroid dienone is 2. The van der Waals surface area contributed by atoms with Crippen molar-refractivity contribution in [3.8, 4) is 0 Å². The number of ether oxygens (including phenoxy) is 3. The number of nitrogens with two attached hydrogens (primary N) is 1. The molecule has 0 spiro atoms. The zero-order valence-electron chi connectivity index (χ0n) is 19.4. The van der Waals surface area contributed by atoms with Gasteiger partial charge in [-0.05, 0) is 28.7 Å². The number of benzene rings is 2. The van der Waals surface area contributed by atoms with E-state index in [9.17, 15) is 14.4 Å². The predicted octanol–water partition coefficient (Wildman–Crippen LogP) is 4.14. The highest BCUT2D eigenvalue weighted by Crippen LogP contribution is 2.48. The van der Waals surface area contributed by atoms with E-state index in [2.05, 4.69) is 0 Å². The Labute approximate surface area is 198 Å². The fraction of sp³-hybridized carbons (Fsp3) is 0.296. The first-order valence-corrected chi connectivity index (χ1v) is 11.0. The molecule has 1 unspecified atom stereocenters. The van der Waals surface area contributed by atoms with Gasteiger partial charge in [-0.25, -0.2) is 9.59 Å². The molecular formula is C27H27NO6. The summed E-state index contributed by atoms with van der Waals surface area (Å²) >= 11 is 0. The standard InChI is InChI=1S/C27H27NO6/c1-27(2)13-19(29)22-20(14-27)34-24(28)23(26(31)32-3)21(22)17-9-11-18(12-10-17)25(30)33-15-16-7-5-4-6-8-16/h4-12,21H,13-15,28H2,1-3H3. The van der Waals surface area contributed by atoms with E-state index >= 15 is 0 Å². The molecule has 1 aliphatic heterocycles. The van der Waals surface area contributed by atoms with Crippen LogP contribution in [0.5, 0.6) is 0 Å². The second-order valence-corrected chi connectivity index (χ2v) is 9.27. The summed E-state index contributed by atoms with van der Waals surface area (Å²) in [6, 6.07) is 16.0. The summed E-state index contributed by atoms with van der Waals surface area (Å²) in [5, 5.41) is 0. The van der Waals surface area contributed by atoms with Crippen LogP contribution in [0, 0.1) is 5.41 Å². The molecule has 34 heavy (non-hydrogen) atoms. The lowest BCUT2D eigenvalue weighted by Crippen LogP contribution is -2.35. The summed E-state index contributed by atoms with van der Waals surface area (Å²) in [4.78, 5) is 38.3. The highest BCUT2D eigenvalue weighted by atomic mass is 16.5. The van der Waals surface area contributed by atoms with Crippen molar-refractivity contribution in [2.24, 2.45) is 11.1 Å². The summed E-state index contributed by atoms with van der Waals surface area (Å²) < 4.78 is 16.1. The minimum atomic E-state index is -0.741. The molecule has 176 valence electrons. The Morgan fingerprint density at radius 2 is 1.71 bits per heavy atom. The molecule has 0 saturated heterocycles. The van der Waals surface area contributed by atoms with Crippen molar-refractivity contribution in [2.45, 2.75) is 39.2 Å². The largest absolute Gasteiger partial charge is 0.465 e. The lowest BCUT2D eigenvalue weighted by molar-refractivity contribution is -0.136. The van der Waals surface area contributed by atoms with Crippen molar-refractivity contribution >= 4 is 17.7 Å². The van der Waals surface area contributed by atoms with Gasteiger partial charge >= 0.3 is 11.9 Å². The number of carbonyl (C=O) groups is 3. The van der Waals surface area contributed by atoms with Crippen molar-refractivity contribution in [1.82, 2.24) is 0 Å². The molecule has 0 saturated carbocycles. The average molecular weight is 462 g/mol. The number of carbonyl (C=O) groups excluding carboxylic acids is 3. The molecule has 4 rings (SSSR count). The number of esters is 2. The van der Waals surface area contributed by atoms with E-state index in [1.165, 1.54) is 7.11 Å². The molecule has 0 radical (unpaired) electrons. The van der Waals surface area contributed by atoms with Gasteiger partial charge in [0.1, 0.15) is 17.9 Å². The molecule has 0 aromatic heterocycles. The predicted molar refractivity (Wildman–Crippen MR) is 124 cm³/mol. The normalized spacial score (nSPS) is 19.3. The maximum Gasteiger partial charge on any atom is 0.340 e. The van der Waals surface area contributed by atoms with Crippen LogP contribution in [0.1, 0.15) is 54.1 Å². The van der Waals surface area contributed by atoms with Gasteiger partial charge in [0, 0.05) is 18.4 Å². The zero-order valence-corrected chi connectivity index (χ0v) is 19.4. The van der Waals surface area contributed by atoms with Crippen LogP contribution in [0.15, 0.2) is 77.4 Å². The van der Waals surface area contributed by atoms with Gasteiger partial charge in [-0.3, -0.25) is 4.79 Å². The molecule has 0 amide bonds. The fourth-order valence-corrected chi connectivity index (χ4v) is 4.44. The lowest BCUT2D eigenvalue weighted by Gasteiger charge is -2.37. The average Bonchev–Trinajstić information content (AvgIpc) is 2.81. The Hall–Kier alpha value is -3.87. The van der Waals surface area contributed by atoms with Gasteiger partial charge in [-0.2, -0.15) is 0 Å². The summed E-state index contributed by atoms with van der Waals surface area (Å²) in [6.07, 6.45) is 0.841. The van der Waals surface area contributed by atoms with E-state index in [0.29, 0.717) is 35.3 Å². The molecule has 0 fully saturated rings. The molecule has 1 heterocycles. The molecule has 7 heteroatoms. The van der Waals surface area contributed by atoms with Crippen LogP contribution >= 0.6 is 0 Å². The van der Waals surface area contributed by atoms with E-state index in [1.54, 1.807) is 24.3 Å². The second-order valence-electron chi connectivity index (χ2n) is 9.27. The van der Waals surface area contributed by atoms with E-state index in [1.807, 2.05) is 44.2 Å². The first-order chi connectivity index (χ1) is 16.2. The van der Waals surface area contributed by atoms with Gasteiger partial charge in [0.25, 0.3) is 0 Å². The third-order valence-electron chi connectivity index (χ3n) is 6.05. The number of rotatable bonds is 5. The summed E-state index contributed by atoms with van der Waals surface area (Å²) in [6.45, 7) is 4.13. The summed E-state index contributed by atoms with van der Waals surface area (Å²) in [5.74, 6) is -1.58. The summed E-state index contributed by atoms with van der Waals surface area (Å²) in [5.41, 5.74) is 8.21. The smallest absolute Gasteiger partial charge is 0.340 e. The monoisotopic (exact) mass is 461 g/mol. The van der Waals surface area contributed by atoms with Crippen molar-refractivity contribution in [3.05, 3.63) is 94.1 Å². The number of methoxy groups -OCH3 is 1. The Kier molecular flexibility index (Phi) is 6.28. The third-order valence-corrected chi connectivity index (χ3v) is 6.05. The minimum Gasteiger partial charge on any atom is -0.465 e. The van der Waals surface area contributed by atoms with E-state index in [4.69, 9.17) is 19.9 Å². The van der Waals surface area contributed by atoms with Gasteiger partial charge < -0.3 is 19.9 Å². The van der Waals surface area contributed by atoms with E-state index < -0.39 is 17.9 Å². The molecule has 1 atom stereocenters. The minimum absolute atomic E-state index is 0.0764. The highest BCUT2D eigenvalue weighted by molar-refractivity contribution is 6.03. The third kappa shape index (κ3) is 4.59. The molecule has 2 aliphatic rings. The van der Waals surface area contributed by atoms with Crippen LogP contribution < -0.4 is 5.73 Å². The first kappa shape index (κ1) is 23.3. The van der Waals surface area contributed by atoms with Crippen LogP contribution in [0.25, 0.3) is 0 Å². The van der Waals surface area contributed by atoms with E-state index in [0.717, 1.165) is 5.56 Å². The van der Waals surface area contributed by atoms with Gasteiger partial charge in [0.2, 0.25) is 5.88 Å². The number of Topliss-reactive ketones (excluding diaryl/α,β-unsaturated/α-hetero) is 1. The van der Waals surface area contributed by atoms with Crippen molar-refractivity contribution in [2.75, 3.05) is 7.11 Å². The molecule has 2 N–H and O–H groups in total. The van der Waals surface area contributed by atoms with Gasteiger partial charge in [0.15, 0.2) is 5.78 Å². The van der Waals surface area contributed by atoms with E-state index in [-0.39, 0.29) is 29.3 Å². The molecule has 1 aliphatic carbocycles. The Bertz CT molecular complexity index is 1190. The van der Waals surface area contributed by atoms with Crippen LogP contribution in [-0.2, 0) is 30.4 Å².